The zero-order valence-corrected chi connectivity index (χ0v) is 16.8. The smallest absolute Gasteiger partial charge is 0.0312 e. The summed E-state index contributed by atoms with van der Waals surface area (Å²) in [4.78, 5) is 22.9. The molecule has 1 aliphatic carbocycles. The van der Waals surface area contributed by atoms with Crippen molar-refractivity contribution in [3.05, 3.63) is 68.0 Å². The Hall–Kier alpha value is -1.11. The van der Waals surface area contributed by atoms with Gasteiger partial charge in [-0.3, -0.25) is 9.59 Å². The Morgan fingerprint density at radius 1 is 0.893 bits per heavy atom. The number of carbonyl (C=O) groups is 2. The van der Waals surface area contributed by atoms with Crippen LogP contribution in [0.25, 0.3) is 0 Å². The number of ketones is 1. The maximum absolute atomic E-state index is 11.5. The molecule has 1 unspecified atom stereocenters. The van der Waals surface area contributed by atoms with Gasteiger partial charge in [0.15, 0.2) is 0 Å². The predicted molar refractivity (Wildman–Crippen MR) is 91.6 cm³/mol. The molecule has 28 heavy (non-hydrogen) atoms. The molecular formula is C17H19F6FeO3P+. The fourth-order valence-electron chi connectivity index (χ4n) is 1.73. The number of hydrogen-bond donors (Lipinski definition) is 0. The van der Waals surface area contributed by atoms with Crippen molar-refractivity contribution in [1.29, 1.82) is 0 Å². The summed E-state index contributed by atoms with van der Waals surface area (Å²) in [6.45, 7) is 3.41. The van der Waals surface area contributed by atoms with E-state index in [9.17, 15) is 34.8 Å². The van der Waals surface area contributed by atoms with Crippen LogP contribution in [0, 0.1) is 32.1 Å². The minimum absolute atomic E-state index is 0. The van der Waals surface area contributed by atoms with Gasteiger partial charge in [-0.05, 0) is 51.5 Å². The van der Waals surface area contributed by atoms with Crippen LogP contribution in [-0.4, -0.2) is 18.4 Å². The minimum atomic E-state index is -10.7. The number of rotatable bonds is 4. The van der Waals surface area contributed by atoms with Crippen LogP contribution >= 0.6 is 7.81 Å². The summed E-state index contributed by atoms with van der Waals surface area (Å²) in [5.41, 5.74) is 0.684. The second-order valence-corrected chi connectivity index (χ2v) is 7.04. The molecule has 0 heterocycles. The summed E-state index contributed by atoms with van der Waals surface area (Å²) < 4.78 is 64.1. The van der Waals surface area contributed by atoms with E-state index in [1.807, 2.05) is 38.2 Å². The summed E-state index contributed by atoms with van der Waals surface area (Å²) in [6, 6.07) is 8.94. The molecule has 1 aromatic rings. The van der Waals surface area contributed by atoms with Crippen molar-refractivity contribution in [2.24, 2.45) is 0 Å². The van der Waals surface area contributed by atoms with E-state index in [1.54, 1.807) is 31.2 Å². The van der Waals surface area contributed by atoms with E-state index >= 15 is 0 Å². The zero-order valence-electron chi connectivity index (χ0n) is 14.9. The minimum Gasteiger partial charge on any atom is -0.0312 e. The van der Waals surface area contributed by atoms with Crippen LogP contribution in [0.15, 0.2) is 30.3 Å². The Labute approximate surface area is 170 Å². The molecule has 0 aromatic heterocycles. The Bertz CT molecular complexity index is 585. The van der Waals surface area contributed by atoms with Crippen LogP contribution in [0.2, 0.25) is 0 Å². The topological polar surface area (TPSA) is 43.4 Å². The van der Waals surface area contributed by atoms with Gasteiger partial charge in [-0.2, -0.15) is 0 Å². The van der Waals surface area contributed by atoms with Crippen LogP contribution in [0.3, 0.4) is 0 Å². The van der Waals surface area contributed by atoms with Crippen LogP contribution in [0.5, 0.6) is 0 Å². The number of hydrogen-bond acceptors (Lipinski definition) is 3. The molecule has 1 atom stereocenters. The molecule has 0 bridgehead atoms. The zero-order chi connectivity index (χ0) is 21.2. The maximum atomic E-state index is 11.5. The van der Waals surface area contributed by atoms with E-state index in [0.717, 1.165) is 0 Å². The van der Waals surface area contributed by atoms with Crippen LogP contribution in [-0.2, 0) is 31.4 Å². The molecule has 1 aliphatic rings. The van der Waals surface area contributed by atoms with Crippen LogP contribution in [0.1, 0.15) is 25.3 Å². The van der Waals surface area contributed by atoms with Gasteiger partial charge in [-0.15, -0.1) is 0 Å². The molecule has 0 spiro atoms. The van der Waals surface area contributed by atoms with Gasteiger partial charge >= 0.3 is 56.0 Å². The van der Waals surface area contributed by atoms with E-state index < -0.39 is 19.7 Å². The SMILES string of the molecule is CCOC(=O)C(C(C)=O)c1ccccc1.F[P-](F)(F)(F)(F)F.[CH]1[CH][CH][CH][CH]1.[Fe+2]. The Morgan fingerprint density at radius 2 is 1.25 bits per heavy atom. The summed E-state index contributed by atoms with van der Waals surface area (Å²) in [5.74, 6) is -1.46. The van der Waals surface area contributed by atoms with Gasteiger partial charge in [0.05, 0.1) is 6.61 Å². The molecule has 2 rings (SSSR count). The standard InChI is InChI=1S/C12H14O3.C5H5.F6P.Fe/c1-3-15-12(14)11(9(2)13)10-7-5-4-6-8-10;1-2-4-5-3-1;1-7(2,3,4,5)6;/h4-8,11H,3H2,1-2H3;1-5H;;/q;;-1;+2. The van der Waals surface area contributed by atoms with Gasteiger partial charge < -0.3 is 4.74 Å². The van der Waals surface area contributed by atoms with E-state index in [2.05, 4.69) is 0 Å². The van der Waals surface area contributed by atoms with Crippen molar-refractivity contribution in [2.75, 3.05) is 6.61 Å². The molecule has 1 saturated carbocycles. The molecule has 1 aromatic carbocycles. The molecular weight excluding hydrogens is 453 g/mol. The van der Waals surface area contributed by atoms with Gasteiger partial charge in [0.25, 0.3) is 0 Å². The average molecular weight is 472 g/mol. The van der Waals surface area contributed by atoms with E-state index in [0.29, 0.717) is 5.56 Å². The van der Waals surface area contributed by atoms with Gasteiger partial charge in [0, 0.05) is 0 Å². The van der Waals surface area contributed by atoms with Crippen molar-refractivity contribution in [2.45, 2.75) is 19.8 Å². The quantitative estimate of drug-likeness (QED) is 0.169. The molecule has 3 nitrogen and oxygen atoms in total. The largest absolute Gasteiger partial charge is 2.00 e. The van der Waals surface area contributed by atoms with Gasteiger partial charge in [0.2, 0.25) is 0 Å². The summed E-state index contributed by atoms with van der Waals surface area (Å²) in [6.07, 6.45) is 10.0. The molecule has 1 fully saturated rings. The summed E-state index contributed by atoms with van der Waals surface area (Å²) in [7, 11) is -10.7. The molecule has 159 valence electrons. The second-order valence-electron chi connectivity index (χ2n) is 5.13. The molecule has 0 saturated heterocycles. The normalized spacial score (nSPS) is 16.4. The number of ether oxygens (including phenoxy) is 1. The predicted octanol–water partition coefficient (Wildman–Crippen LogP) is 6.32. The number of esters is 1. The van der Waals surface area contributed by atoms with Crippen molar-refractivity contribution < 1.29 is 56.6 Å². The number of carbonyl (C=O) groups excluding carboxylic acids is 2. The third-order valence-corrected chi connectivity index (χ3v) is 2.62. The second kappa shape index (κ2) is 11.2. The monoisotopic (exact) mass is 472 g/mol. The number of Topliss-reactive ketones (excluding diaryl/α,β-unsaturated/α-hetero) is 1. The maximum Gasteiger partial charge on any atom is 2.00 e. The Balaban J connectivity index is 0. The van der Waals surface area contributed by atoms with Gasteiger partial charge in [-0.25, -0.2) is 0 Å². The fraction of sp³-hybridized carbons (Fsp3) is 0.235. The van der Waals surface area contributed by atoms with Gasteiger partial charge in [0.1, 0.15) is 11.7 Å². The first-order chi connectivity index (χ1) is 12.1. The third kappa shape index (κ3) is 19.6. The van der Waals surface area contributed by atoms with Crippen molar-refractivity contribution in [1.82, 2.24) is 0 Å². The molecule has 0 amide bonds. The third-order valence-electron chi connectivity index (χ3n) is 2.62. The van der Waals surface area contributed by atoms with E-state index in [4.69, 9.17) is 4.74 Å². The van der Waals surface area contributed by atoms with Crippen LogP contribution < -0.4 is 0 Å². The van der Waals surface area contributed by atoms with E-state index in [-0.39, 0.29) is 29.5 Å². The van der Waals surface area contributed by atoms with Crippen LogP contribution in [0.4, 0.5) is 25.2 Å². The first-order valence-electron chi connectivity index (χ1n) is 7.57. The average Bonchev–Trinajstić information content (AvgIpc) is 3.04. The number of benzene rings is 1. The fourth-order valence-corrected chi connectivity index (χ4v) is 1.73. The Kier molecular flexibility index (Phi) is 11.6. The van der Waals surface area contributed by atoms with Crippen molar-refractivity contribution >= 4 is 19.6 Å². The molecule has 11 heteroatoms. The first kappa shape index (κ1) is 29.1. The molecule has 0 aliphatic heterocycles. The number of halogens is 6. The van der Waals surface area contributed by atoms with Gasteiger partial charge in [-0.1, -0.05) is 30.3 Å². The molecule has 5 radical (unpaired) electrons. The first-order valence-corrected chi connectivity index (χ1v) is 9.59. The van der Waals surface area contributed by atoms with Crippen molar-refractivity contribution in [3.63, 3.8) is 0 Å². The van der Waals surface area contributed by atoms with Crippen molar-refractivity contribution in [3.8, 4) is 0 Å². The summed E-state index contributed by atoms with van der Waals surface area (Å²) in [5, 5.41) is 0. The Morgan fingerprint density at radius 3 is 1.54 bits per heavy atom. The van der Waals surface area contributed by atoms with E-state index in [1.165, 1.54) is 6.92 Å². The molecule has 0 N–H and O–H groups in total. The summed E-state index contributed by atoms with van der Waals surface area (Å²) >= 11 is 0.